The predicted octanol–water partition coefficient (Wildman–Crippen LogP) is 3.51. The topological polar surface area (TPSA) is 43.1 Å². The lowest BCUT2D eigenvalue weighted by molar-refractivity contribution is 0.619. The minimum atomic E-state index is -0.106. The van der Waals surface area contributed by atoms with Crippen LogP contribution in [0.2, 0.25) is 5.02 Å². The number of aromatic nitrogens is 1. The number of benzene rings is 1. The van der Waals surface area contributed by atoms with Crippen LogP contribution in [0.5, 0.6) is 0 Å². The Hall–Kier alpha value is -2.13. The Morgan fingerprint density at radius 2 is 1.83 bits per heavy atom. The van der Waals surface area contributed by atoms with Crippen LogP contribution in [0.1, 0.15) is 0 Å². The van der Waals surface area contributed by atoms with Crippen molar-refractivity contribution >= 4 is 22.6 Å². The van der Waals surface area contributed by atoms with Gasteiger partial charge in [-0.25, -0.2) is 0 Å². The number of pyridine rings is 1. The molecule has 0 atom stereocenters. The zero-order chi connectivity index (χ0) is 12.5. The summed E-state index contributed by atoms with van der Waals surface area (Å²) in [7, 11) is 0. The second-order valence-electron chi connectivity index (χ2n) is 3.85. The molecule has 2 heterocycles. The molecule has 0 aliphatic carbocycles. The first-order chi connectivity index (χ1) is 8.74. The molecule has 0 unspecified atom stereocenters. The maximum atomic E-state index is 12.0. The summed E-state index contributed by atoms with van der Waals surface area (Å²) in [4.78, 5) is 15.9. The zero-order valence-electron chi connectivity index (χ0n) is 9.26. The fraction of sp³-hybridized carbons (Fsp3) is 0. The molecule has 3 rings (SSSR count). The van der Waals surface area contributed by atoms with E-state index in [4.69, 9.17) is 16.0 Å². The third kappa shape index (κ3) is 1.89. The number of nitrogens with zero attached hydrogens (tertiary/aromatic N) is 1. The van der Waals surface area contributed by atoms with Crippen molar-refractivity contribution in [3.63, 3.8) is 0 Å². The fourth-order valence-electron chi connectivity index (χ4n) is 1.79. The smallest absolute Gasteiger partial charge is 0.193 e. The van der Waals surface area contributed by atoms with E-state index in [1.165, 1.54) is 6.07 Å². The van der Waals surface area contributed by atoms with E-state index >= 15 is 0 Å². The van der Waals surface area contributed by atoms with Crippen molar-refractivity contribution < 1.29 is 4.42 Å². The van der Waals surface area contributed by atoms with Gasteiger partial charge in [-0.1, -0.05) is 11.6 Å². The third-order valence-corrected chi connectivity index (χ3v) is 2.89. The van der Waals surface area contributed by atoms with Gasteiger partial charge in [0.15, 0.2) is 5.43 Å². The largest absolute Gasteiger partial charge is 0.456 e. The number of hydrogen-bond donors (Lipinski definition) is 0. The van der Waals surface area contributed by atoms with Gasteiger partial charge in [-0.05, 0) is 30.3 Å². The summed E-state index contributed by atoms with van der Waals surface area (Å²) in [6, 6.07) is 10.1. The standard InChI is InChI=1S/C14H8ClNO2/c15-10-1-2-13-11(7-10)12(17)8-14(18-13)9-3-5-16-6-4-9/h1-8H. The SMILES string of the molecule is O=c1cc(-c2ccncc2)oc2ccc(Cl)cc12. The molecule has 0 amide bonds. The molecular formula is C14H8ClNO2. The van der Waals surface area contributed by atoms with E-state index in [-0.39, 0.29) is 5.43 Å². The molecule has 0 aliphatic rings. The molecule has 0 saturated carbocycles. The van der Waals surface area contributed by atoms with Crippen LogP contribution >= 0.6 is 11.6 Å². The summed E-state index contributed by atoms with van der Waals surface area (Å²) < 4.78 is 5.70. The molecule has 2 aromatic heterocycles. The Morgan fingerprint density at radius 3 is 2.61 bits per heavy atom. The van der Waals surface area contributed by atoms with Gasteiger partial charge in [-0.3, -0.25) is 9.78 Å². The van der Waals surface area contributed by atoms with Crippen LogP contribution < -0.4 is 5.43 Å². The van der Waals surface area contributed by atoms with Gasteiger partial charge in [0.2, 0.25) is 0 Å². The zero-order valence-corrected chi connectivity index (χ0v) is 10.0. The molecule has 0 radical (unpaired) electrons. The Bertz CT molecular complexity index is 766. The maximum absolute atomic E-state index is 12.0. The molecule has 0 spiro atoms. The molecule has 0 N–H and O–H groups in total. The van der Waals surface area contributed by atoms with Gasteiger partial charge in [-0.15, -0.1) is 0 Å². The van der Waals surface area contributed by atoms with Gasteiger partial charge in [-0.2, -0.15) is 0 Å². The van der Waals surface area contributed by atoms with Gasteiger partial charge in [0.05, 0.1) is 5.39 Å². The van der Waals surface area contributed by atoms with Crippen molar-refractivity contribution in [1.29, 1.82) is 0 Å². The molecule has 88 valence electrons. The molecular weight excluding hydrogens is 250 g/mol. The average molecular weight is 258 g/mol. The van der Waals surface area contributed by atoms with E-state index in [0.717, 1.165) is 5.56 Å². The van der Waals surface area contributed by atoms with E-state index in [1.54, 1.807) is 42.7 Å². The van der Waals surface area contributed by atoms with Crippen LogP contribution in [0.15, 0.2) is 58.0 Å². The van der Waals surface area contributed by atoms with Crippen molar-refractivity contribution in [1.82, 2.24) is 4.98 Å². The van der Waals surface area contributed by atoms with Crippen molar-refractivity contribution in [2.24, 2.45) is 0 Å². The number of hydrogen-bond acceptors (Lipinski definition) is 3. The monoisotopic (exact) mass is 257 g/mol. The predicted molar refractivity (Wildman–Crippen MR) is 70.7 cm³/mol. The number of halogens is 1. The van der Waals surface area contributed by atoms with E-state index in [9.17, 15) is 4.79 Å². The Balaban J connectivity index is 2.29. The molecule has 1 aromatic carbocycles. The van der Waals surface area contributed by atoms with Gasteiger partial charge in [0, 0.05) is 29.0 Å². The minimum Gasteiger partial charge on any atom is -0.456 e. The first-order valence-electron chi connectivity index (χ1n) is 5.38. The Morgan fingerprint density at radius 1 is 1.06 bits per heavy atom. The highest BCUT2D eigenvalue weighted by Crippen LogP contribution is 2.23. The molecule has 18 heavy (non-hydrogen) atoms. The van der Waals surface area contributed by atoms with Crippen molar-refractivity contribution in [2.75, 3.05) is 0 Å². The van der Waals surface area contributed by atoms with E-state index in [1.807, 2.05) is 0 Å². The lowest BCUT2D eigenvalue weighted by atomic mass is 10.1. The summed E-state index contributed by atoms with van der Waals surface area (Å²) >= 11 is 5.86. The summed E-state index contributed by atoms with van der Waals surface area (Å²) in [5.74, 6) is 0.525. The number of fused-ring (bicyclic) bond motifs is 1. The molecule has 0 aliphatic heterocycles. The van der Waals surface area contributed by atoms with Crippen molar-refractivity contribution in [2.45, 2.75) is 0 Å². The third-order valence-electron chi connectivity index (χ3n) is 2.65. The Labute approximate surface area is 108 Å². The first-order valence-corrected chi connectivity index (χ1v) is 5.76. The van der Waals surface area contributed by atoms with Crippen LogP contribution in [-0.4, -0.2) is 4.98 Å². The molecule has 0 bridgehead atoms. The van der Waals surface area contributed by atoms with Crippen LogP contribution in [0.3, 0.4) is 0 Å². The number of rotatable bonds is 1. The second-order valence-corrected chi connectivity index (χ2v) is 4.29. The lowest BCUT2D eigenvalue weighted by Gasteiger charge is -2.02. The highest BCUT2D eigenvalue weighted by molar-refractivity contribution is 6.31. The average Bonchev–Trinajstić information content (AvgIpc) is 2.40. The normalized spacial score (nSPS) is 10.7. The second kappa shape index (κ2) is 4.27. The van der Waals surface area contributed by atoms with Crippen LogP contribution in [0.25, 0.3) is 22.3 Å². The van der Waals surface area contributed by atoms with Crippen LogP contribution in [-0.2, 0) is 0 Å². The van der Waals surface area contributed by atoms with Gasteiger partial charge in [0.25, 0.3) is 0 Å². The van der Waals surface area contributed by atoms with E-state index in [2.05, 4.69) is 4.98 Å². The Kier molecular flexibility index (Phi) is 2.61. The molecule has 0 fully saturated rings. The van der Waals surface area contributed by atoms with Crippen molar-refractivity contribution in [3.05, 3.63) is 64.0 Å². The summed E-state index contributed by atoms with van der Waals surface area (Å²) in [6.45, 7) is 0. The summed E-state index contributed by atoms with van der Waals surface area (Å²) in [5.41, 5.74) is 1.24. The quantitative estimate of drug-likeness (QED) is 0.670. The van der Waals surface area contributed by atoms with Gasteiger partial charge >= 0.3 is 0 Å². The minimum absolute atomic E-state index is 0.106. The van der Waals surface area contributed by atoms with Gasteiger partial charge < -0.3 is 4.42 Å². The van der Waals surface area contributed by atoms with E-state index in [0.29, 0.717) is 21.8 Å². The lowest BCUT2D eigenvalue weighted by Crippen LogP contribution is -2.00. The van der Waals surface area contributed by atoms with E-state index < -0.39 is 0 Å². The summed E-state index contributed by atoms with van der Waals surface area (Å²) in [6.07, 6.45) is 3.31. The summed E-state index contributed by atoms with van der Waals surface area (Å²) in [5, 5.41) is 1.01. The maximum Gasteiger partial charge on any atom is 0.193 e. The molecule has 4 heteroatoms. The van der Waals surface area contributed by atoms with Gasteiger partial charge in [0.1, 0.15) is 11.3 Å². The van der Waals surface area contributed by atoms with Crippen LogP contribution in [0, 0.1) is 0 Å². The highest BCUT2D eigenvalue weighted by atomic mass is 35.5. The first kappa shape index (κ1) is 11.0. The molecule has 0 saturated heterocycles. The molecule has 3 aromatic rings. The fourth-order valence-corrected chi connectivity index (χ4v) is 1.96. The van der Waals surface area contributed by atoms with Crippen molar-refractivity contribution in [3.8, 4) is 11.3 Å². The highest BCUT2D eigenvalue weighted by Gasteiger charge is 2.06. The molecule has 3 nitrogen and oxygen atoms in total. The van der Waals surface area contributed by atoms with Crippen LogP contribution in [0.4, 0.5) is 0 Å².